The summed E-state index contributed by atoms with van der Waals surface area (Å²) in [6.07, 6.45) is 1.24. The number of carbonyl (C=O) groups is 2. The number of carbonyl (C=O) groups excluding carboxylic acids is 1. The summed E-state index contributed by atoms with van der Waals surface area (Å²) >= 11 is 0. The van der Waals surface area contributed by atoms with Crippen LogP contribution in [0.25, 0.3) is 0 Å². The molecule has 1 aromatic heterocycles. The number of nitrogens with zero attached hydrogens (tertiary/aromatic N) is 1. The molecule has 0 saturated carbocycles. The van der Waals surface area contributed by atoms with Crippen LogP contribution in [0.5, 0.6) is 0 Å². The molecule has 0 aliphatic carbocycles. The highest BCUT2D eigenvalue weighted by atomic mass is 16.5. The second-order valence-electron chi connectivity index (χ2n) is 3.54. The van der Waals surface area contributed by atoms with Gasteiger partial charge in [0.1, 0.15) is 6.26 Å². The summed E-state index contributed by atoms with van der Waals surface area (Å²) < 4.78 is 4.53. The molecule has 18 heavy (non-hydrogen) atoms. The SMILES string of the molecule is O=C(N[C@H](C(=O)O)c1ccccc1)c1ccon1. The van der Waals surface area contributed by atoms with Crippen LogP contribution in [0, 0.1) is 0 Å². The maximum absolute atomic E-state index is 11.7. The van der Waals surface area contributed by atoms with Crippen molar-refractivity contribution in [2.75, 3.05) is 0 Å². The molecule has 0 spiro atoms. The van der Waals surface area contributed by atoms with Gasteiger partial charge in [0.05, 0.1) is 0 Å². The van der Waals surface area contributed by atoms with Gasteiger partial charge in [-0.1, -0.05) is 35.5 Å². The summed E-state index contributed by atoms with van der Waals surface area (Å²) in [5.74, 6) is -1.74. The van der Waals surface area contributed by atoms with E-state index in [0.29, 0.717) is 5.56 Å². The van der Waals surface area contributed by atoms with Gasteiger partial charge in [-0.05, 0) is 5.56 Å². The Morgan fingerprint density at radius 2 is 1.94 bits per heavy atom. The molecule has 0 aliphatic heterocycles. The van der Waals surface area contributed by atoms with Gasteiger partial charge in [0.15, 0.2) is 11.7 Å². The first-order valence-corrected chi connectivity index (χ1v) is 5.17. The minimum absolute atomic E-state index is 0.0391. The Labute approximate surface area is 102 Å². The first-order valence-electron chi connectivity index (χ1n) is 5.17. The van der Waals surface area contributed by atoms with Crippen molar-refractivity contribution < 1.29 is 19.2 Å². The number of carboxylic acids is 1. The Bertz CT molecular complexity index is 536. The Morgan fingerprint density at radius 1 is 1.22 bits per heavy atom. The molecule has 6 heteroatoms. The summed E-state index contributed by atoms with van der Waals surface area (Å²) in [5.41, 5.74) is 0.527. The standard InChI is InChI=1S/C12H10N2O4/c15-11(9-6-7-18-14-9)13-10(12(16)17)8-4-2-1-3-5-8/h1-7,10H,(H,13,15)(H,16,17)/t10-/m0/s1. The molecule has 6 nitrogen and oxygen atoms in total. The van der Waals surface area contributed by atoms with Crippen LogP contribution in [0.2, 0.25) is 0 Å². The summed E-state index contributed by atoms with van der Waals surface area (Å²) in [7, 11) is 0. The zero-order valence-corrected chi connectivity index (χ0v) is 9.24. The van der Waals surface area contributed by atoms with Crippen molar-refractivity contribution in [1.29, 1.82) is 0 Å². The zero-order chi connectivity index (χ0) is 13.0. The molecule has 1 aromatic carbocycles. The van der Waals surface area contributed by atoms with Crippen LogP contribution >= 0.6 is 0 Å². The van der Waals surface area contributed by atoms with Crippen LogP contribution in [0.15, 0.2) is 47.2 Å². The fraction of sp³-hybridized carbons (Fsp3) is 0.0833. The van der Waals surface area contributed by atoms with Gasteiger partial charge in [0.2, 0.25) is 0 Å². The van der Waals surface area contributed by atoms with Gasteiger partial charge in [-0.2, -0.15) is 0 Å². The highest BCUT2D eigenvalue weighted by molar-refractivity contribution is 5.95. The molecular formula is C12H10N2O4. The average Bonchev–Trinajstić information content (AvgIpc) is 2.90. The summed E-state index contributed by atoms with van der Waals surface area (Å²) in [6.45, 7) is 0. The van der Waals surface area contributed by atoms with E-state index >= 15 is 0 Å². The normalized spacial score (nSPS) is 11.8. The monoisotopic (exact) mass is 246 g/mol. The third kappa shape index (κ3) is 2.54. The maximum Gasteiger partial charge on any atom is 0.330 e. The predicted octanol–water partition coefficient (Wildman–Crippen LogP) is 1.23. The van der Waals surface area contributed by atoms with Crippen LogP contribution in [0.1, 0.15) is 22.1 Å². The van der Waals surface area contributed by atoms with Gasteiger partial charge >= 0.3 is 5.97 Å². The summed E-state index contributed by atoms with van der Waals surface area (Å²) in [4.78, 5) is 22.8. The number of nitrogens with one attached hydrogen (secondary N) is 1. The van der Waals surface area contributed by atoms with E-state index in [0.717, 1.165) is 0 Å². The number of rotatable bonds is 4. The van der Waals surface area contributed by atoms with Crippen LogP contribution in [-0.4, -0.2) is 22.1 Å². The van der Waals surface area contributed by atoms with Crippen molar-refractivity contribution in [3.8, 4) is 0 Å². The summed E-state index contributed by atoms with van der Waals surface area (Å²) in [6, 6.07) is 8.67. The Balaban J connectivity index is 2.18. The third-order valence-electron chi connectivity index (χ3n) is 2.33. The van der Waals surface area contributed by atoms with E-state index in [9.17, 15) is 9.59 Å². The van der Waals surface area contributed by atoms with Crippen LogP contribution in [0.4, 0.5) is 0 Å². The van der Waals surface area contributed by atoms with Gasteiger partial charge < -0.3 is 14.9 Å². The Kier molecular flexibility index (Phi) is 3.38. The van der Waals surface area contributed by atoms with Gasteiger partial charge in [-0.15, -0.1) is 0 Å². The van der Waals surface area contributed by atoms with Gasteiger partial charge in [-0.3, -0.25) is 4.79 Å². The number of hydrogen-bond donors (Lipinski definition) is 2. The smallest absolute Gasteiger partial charge is 0.330 e. The molecule has 0 saturated heterocycles. The Hall–Kier alpha value is -2.63. The molecule has 1 heterocycles. The first kappa shape index (κ1) is 11.8. The summed E-state index contributed by atoms with van der Waals surface area (Å²) in [5, 5.41) is 14.9. The molecule has 0 unspecified atom stereocenters. The molecule has 1 atom stereocenters. The largest absolute Gasteiger partial charge is 0.479 e. The number of hydrogen-bond acceptors (Lipinski definition) is 4. The van der Waals surface area contributed by atoms with E-state index in [1.54, 1.807) is 30.3 Å². The molecular weight excluding hydrogens is 236 g/mol. The lowest BCUT2D eigenvalue weighted by Gasteiger charge is -2.13. The number of amides is 1. The zero-order valence-electron chi connectivity index (χ0n) is 9.24. The highest BCUT2D eigenvalue weighted by Crippen LogP contribution is 2.13. The van der Waals surface area contributed by atoms with Crippen molar-refractivity contribution >= 4 is 11.9 Å². The van der Waals surface area contributed by atoms with Crippen molar-refractivity contribution in [3.05, 3.63) is 53.9 Å². The molecule has 2 aromatic rings. The van der Waals surface area contributed by atoms with E-state index < -0.39 is 17.9 Å². The van der Waals surface area contributed by atoms with Gasteiger partial charge in [0.25, 0.3) is 5.91 Å². The molecule has 0 bridgehead atoms. The lowest BCUT2D eigenvalue weighted by molar-refractivity contribution is -0.139. The minimum atomic E-state index is -1.14. The van der Waals surface area contributed by atoms with Crippen molar-refractivity contribution in [2.45, 2.75) is 6.04 Å². The molecule has 0 aliphatic rings. The highest BCUT2D eigenvalue weighted by Gasteiger charge is 2.23. The van der Waals surface area contributed by atoms with Crippen molar-refractivity contribution in [2.24, 2.45) is 0 Å². The number of aliphatic carboxylic acids is 1. The van der Waals surface area contributed by atoms with E-state index in [2.05, 4.69) is 15.0 Å². The van der Waals surface area contributed by atoms with E-state index in [-0.39, 0.29) is 5.69 Å². The van der Waals surface area contributed by atoms with Crippen LogP contribution in [0.3, 0.4) is 0 Å². The van der Waals surface area contributed by atoms with Crippen LogP contribution < -0.4 is 5.32 Å². The molecule has 0 radical (unpaired) electrons. The fourth-order valence-corrected chi connectivity index (χ4v) is 1.47. The fourth-order valence-electron chi connectivity index (χ4n) is 1.47. The van der Waals surface area contributed by atoms with Crippen LogP contribution in [-0.2, 0) is 4.79 Å². The van der Waals surface area contributed by atoms with Crippen molar-refractivity contribution in [3.63, 3.8) is 0 Å². The lowest BCUT2D eigenvalue weighted by Crippen LogP contribution is -2.33. The quantitative estimate of drug-likeness (QED) is 0.846. The Morgan fingerprint density at radius 3 is 2.50 bits per heavy atom. The third-order valence-corrected chi connectivity index (χ3v) is 2.33. The second-order valence-corrected chi connectivity index (χ2v) is 3.54. The molecule has 92 valence electrons. The molecule has 2 rings (SSSR count). The lowest BCUT2D eigenvalue weighted by atomic mass is 10.1. The number of benzene rings is 1. The van der Waals surface area contributed by atoms with Gasteiger partial charge in [0, 0.05) is 6.07 Å². The van der Waals surface area contributed by atoms with E-state index in [1.807, 2.05) is 0 Å². The number of aromatic nitrogens is 1. The average molecular weight is 246 g/mol. The van der Waals surface area contributed by atoms with Crippen molar-refractivity contribution in [1.82, 2.24) is 10.5 Å². The second kappa shape index (κ2) is 5.13. The first-order chi connectivity index (χ1) is 8.68. The molecule has 1 amide bonds. The minimum Gasteiger partial charge on any atom is -0.479 e. The van der Waals surface area contributed by atoms with Gasteiger partial charge in [-0.25, -0.2) is 4.79 Å². The topological polar surface area (TPSA) is 92.4 Å². The predicted molar refractivity (Wildman–Crippen MR) is 60.8 cm³/mol. The van der Waals surface area contributed by atoms with E-state index in [4.69, 9.17) is 5.11 Å². The molecule has 0 fully saturated rings. The maximum atomic E-state index is 11.7. The molecule has 2 N–H and O–H groups in total. The number of carboxylic acid groups (broad SMARTS) is 1. The van der Waals surface area contributed by atoms with E-state index in [1.165, 1.54) is 12.3 Å².